The fourth-order valence-electron chi connectivity index (χ4n) is 2.56. The second-order valence-electron chi connectivity index (χ2n) is 4.77. The van der Waals surface area contributed by atoms with E-state index in [1.807, 2.05) is 30.3 Å². The topological polar surface area (TPSA) is 40.5 Å². The highest BCUT2D eigenvalue weighted by molar-refractivity contribution is 5.17. The Morgan fingerprint density at radius 3 is 2.50 bits per heavy atom. The third kappa shape index (κ3) is 2.83. The van der Waals surface area contributed by atoms with Gasteiger partial charge < -0.3 is 10.2 Å². The van der Waals surface area contributed by atoms with Crippen LogP contribution in [-0.4, -0.2) is 16.3 Å². The van der Waals surface area contributed by atoms with Crippen LogP contribution in [0.15, 0.2) is 30.3 Å². The first-order valence-electron chi connectivity index (χ1n) is 6.18. The van der Waals surface area contributed by atoms with Gasteiger partial charge in [0.15, 0.2) is 0 Å². The molecule has 1 aromatic rings. The van der Waals surface area contributed by atoms with Gasteiger partial charge in [0.1, 0.15) is 0 Å². The zero-order chi connectivity index (χ0) is 11.4. The van der Waals surface area contributed by atoms with E-state index in [-0.39, 0.29) is 12.0 Å². The summed E-state index contributed by atoms with van der Waals surface area (Å²) in [5.41, 5.74) is 0.959. The van der Waals surface area contributed by atoms with E-state index in [4.69, 9.17) is 0 Å². The molecule has 1 fully saturated rings. The summed E-state index contributed by atoms with van der Waals surface area (Å²) in [5, 5.41) is 19.9. The standard InChI is InChI=1S/C14H20O2/c15-13-9-5-4-8-12(13)10-14(16)11-6-2-1-3-7-11/h1-3,6-7,12-16H,4-5,8-10H2. The van der Waals surface area contributed by atoms with Gasteiger partial charge in [0.2, 0.25) is 0 Å². The van der Waals surface area contributed by atoms with Crippen LogP contribution < -0.4 is 0 Å². The smallest absolute Gasteiger partial charge is 0.0793 e. The number of hydrogen-bond acceptors (Lipinski definition) is 2. The van der Waals surface area contributed by atoms with Crippen molar-refractivity contribution in [2.24, 2.45) is 5.92 Å². The summed E-state index contributed by atoms with van der Waals surface area (Å²) in [6.07, 6.45) is 4.29. The minimum Gasteiger partial charge on any atom is -0.393 e. The van der Waals surface area contributed by atoms with Crippen molar-refractivity contribution in [3.63, 3.8) is 0 Å². The second-order valence-corrected chi connectivity index (χ2v) is 4.77. The zero-order valence-electron chi connectivity index (χ0n) is 9.55. The third-order valence-corrected chi connectivity index (χ3v) is 3.58. The van der Waals surface area contributed by atoms with Gasteiger partial charge in [-0.15, -0.1) is 0 Å². The maximum absolute atomic E-state index is 10.1. The van der Waals surface area contributed by atoms with E-state index in [0.29, 0.717) is 6.42 Å². The molecule has 0 amide bonds. The summed E-state index contributed by atoms with van der Waals surface area (Å²) in [6.45, 7) is 0. The number of benzene rings is 1. The molecule has 0 heterocycles. The molecule has 16 heavy (non-hydrogen) atoms. The molecule has 3 atom stereocenters. The summed E-state index contributed by atoms with van der Waals surface area (Å²) < 4.78 is 0. The third-order valence-electron chi connectivity index (χ3n) is 3.58. The Balaban J connectivity index is 1.94. The van der Waals surface area contributed by atoms with Gasteiger partial charge >= 0.3 is 0 Å². The summed E-state index contributed by atoms with van der Waals surface area (Å²) >= 11 is 0. The second kappa shape index (κ2) is 5.46. The van der Waals surface area contributed by atoms with E-state index in [0.717, 1.165) is 24.8 Å². The molecular formula is C14H20O2. The zero-order valence-corrected chi connectivity index (χ0v) is 9.55. The highest BCUT2D eigenvalue weighted by atomic mass is 16.3. The number of aliphatic hydroxyl groups excluding tert-OH is 2. The van der Waals surface area contributed by atoms with Gasteiger partial charge in [0.25, 0.3) is 0 Å². The largest absolute Gasteiger partial charge is 0.393 e. The molecule has 1 aliphatic carbocycles. The van der Waals surface area contributed by atoms with Crippen molar-refractivity contribution in [2.45, 2.75) is 44.3 Å². The van der Waals surface area contributed by atoms with E-state index in [1.165, 1.54) is 6.42 Å². The molecule has 2 rings (SSSR count). The highest BCUT2D eigenvalue weighted by Gasteiger charge is 2.25. The molecule has 1 aromatic carbocycles. The lowest BCUT2D eigenvalue weighted by atomic mass is 9.82. The molecule has 1 aliphatic rings. The van der Waals surface area contributed by atoms with Gasteiger partial charge in [-0.05, 0) is 30.7 Å². The number of rotatable bonds is 3. The molecular weight excluding hydrogens is 200 g/mol. The van der Waals surface area contributed by atoms with Gasteiger partial charge in [-0.2, -0.15) is 0 Å². The van der Waals surface area contributed by atoms with E-state index in [1.54, 1.807) is 0 Å². The molecule has 0 saturated heterocycles. The average Bonchev–Trinajstić information content (AvgIpc) is 2.33. The van der Waals surface area contributed by atoms with Crippen LogP contribution in [0.25, 0.3) is 0 Å². The Bertz CT molecular complexity index is 310. The minimum atomic E-state index is -0.432. The van der Waals surface area contributed by atoms with Crippen LogP contribution in [0, 0.1) is 5.92 Å². The van der Waals surface area contributed by atoms with Crippen molar-refractivity contribution >= 4 is 0 Å². The van der Waals surface area contributed by atoms with Crippen LogP contribution in [0.2, 0.25) is 0 Å². The van der Waals surface area contributed by atoms with Crippen LogP contribution in [0.5, 0.6) is 0 Å². The van der Waals surface area contributed by atoms with E-state index >= 15 is 0 Å². The highest BCUT2D eigenvalue weighted by Crippen LogP contribution is 2.31. The van der Waals surface area contributed by atoms with Crippen LogP contribution in [0.4, 0.5) is 0 Å². The van der Waals surface area contributed by atoms with Crippen molar-refractivity contribution in [2.75, 3.05) is 0 Å². The van der Waals surface area contributed by atoms with Crippen LogP contribution in [0.1, 0.15) is 43.8 Å². The summed E-state index contributed by atoms with van der Waals surface area (Å²) in [4.78, 5) is 0. The molecule has 1 saturated carbocycles. The van der Waals surface area contributed by atoms with Crippen LogP contribution >= 0.6 is 0 Å². The van der Waals surface area contributed by atoms with Crippen LogP contribution in [0.3, 0.4) is 0 Å². The summed E-state index contributed by atoms with van der Waals surface area (Å²) in [5.74, 6) is 0.268. The van der Waals surface area contributed by atoms with Crippen molar-refractivity contribution in [3.8, 4) is 0 Å². The maximum Gasteiger partial charge on any atom is 0.0793 e. The Hall–Kier alpha value is -0.860. The first-order valence-corrected chi connectivity index (χ1v) is 6.18. The van der Waals surface area contributed by atoms with Gasteiger partial charge in [0, 0.05) is 0 Å². The maximum atomic E-state index is 10.1. The van der Waals surface area contributed by atoms with E-state index < -0.39 is 6.10 Å². The molecule has 3 unspecified atom stereocenters. The molecule has 0 aromatic heterocycles. The molecule has 0 radical (unpaired) electrons. The van der Waals surface area contributed by atoms with Crippen molar-refractivity contribution in [1.82, 2.24) is 0 Å². The van der Waals surface area contributed by atoms with E-state index in [9.17, 15) is 10.2 Å². The van der Waals surface area contributed by atoms with Gasteiger partial charge in [-0.25, -0.2) is 0 Å². The van der Waals surface area contributed by atoms with Crippen LogP contribution in [-0.2, 0) is 0 Å². The quantitative estimate of drug-likeness (QED) is 0.822. The first kappa shape index (κ1) is 11.6. The van der Waals surface area contributed by atoms with Gasteiger partial charge in [-0.3, -0.25) is 0 Å². The summed E-state index contributed by atoms with van der Waals surface area (Å²) in [7, 11) is 0. The molecule has 0 aliphatic heterocycles. The Kier molecular flexibility index (Phi) is 3.97. The van der Waals surface area contributed by atoms with E-state index in [2.05, 4.69) is 0 Å². The molecule has 2 heteroatoms. The normalized spacial score (nSPS) is 27.6. The minimum absolute atomic E-state index is 0.216. The Morgan fingerprint density at radius 1 is 1.12 bits per heavy atom. The molecule has 88 valence electrons. The Labute approximate surface area is 96.9 Å². The van der Waals surface area contributed by atoms with Crippen molar-refractivity contribution in [3.05, 3.63) is 35.9 Å². The molecule has 2 N–H and O–H groups in total. The lowest BCUT2D eigenvalue weighted by molar-refractivity contribution is 0.0334. The van der Waals surface area contributed by atoms with Crippen molar-refractivity contribution < 1.29 is 10.2 Å². The predicted octanol–water partition coefficient (Wildman–Crippen LogP) is 2.66. The first-order chi connectivity index (χ1) is 7.77. The molecule has 0 bridgehead atoms. The van der Waals surface area contributed by atoms with Gasteiger partial charge in [-0.1, -0.05) is 43.2 Å². The molecule has 0 spiro atoms. The van der Waals surface area contributed by atoms with Crippen molar-refractivity contribution in [1.29, 1.82) is 0 Å². The monoisotopic (exact) mass is 220 g/mol. The molecule has 2 nitrogen and oxygen atoms in total. The number of hydrogen-bond donors (Lipinski definition) is 2. The predicted molar refractivity (Wildman–Crippen MR) is 64.0 cm³/mol. The lowest BCUT2D eigenvalue weighted by Gasteiger charge is -2.29. The fourth-order valence-corrected chi connectivity index (χ4v) is 2.56. The SMILES string of the molecule is OC(CC1CCCCC1O)c1ccccc1. The fraction of sp³-hybridized carbons (Fsp3) is 0.571. The number of aliphatic hydroxyl groups is 2. The lowest BCUT2D eigenvalue weighted by Crippen LogP contribution is -2.26. The van der Waals surface area contributed by atoms with Gasteiger partial charge in [0.05, 0.1) is 12.2 Å². The summed E-state index contributed by atoms with van der Waals surface area (Å²) in [6, 6.07) is 9.72. The average molecular weight is 220 g/mol. The Morgan fingerprint density at radius 2 is 1.81 bits per heavy atom.